The van der Waals surface area contributed by atoms with E-state index in [1.54, 1.807) is 11.3 Å². The number of halogens is 1. The number of hydrogen-bond donors (Lipinski definition) is 0. The largest absolute Gasteiger partial charge is 0.303 e. The Morgan fingerprint density at radius 2 is 2.05 bits per heavy atom. The zero-order chi connectivity index (χ0) is 14.4. The normalized spacial score (nSPS) is 23.4. The van der Waals surface area contributed by atoms with Crippen molar-refractivity contribution in [3.63, 3.8) is 0 Å². The monoisotopic (exact) mass is 314 g/mol. The molecule has 0 spiro atoms. The highest BCUT2D eigenvalue weighted by atomic mass is 35.5. The fourth-order valence-corrected chi connectivity index (χ4v) is 4.10. The maximum Gasteiger partial charge on any atom is 0.0928 e. The van der Waals surface area contributed by atoms with Crippen molar-refractivity contribution in [1.29, 1.82) is 0 Å². The molecule has 0 unspecified atom stereocenters. The minimum Gasteiger partial charge on any atom is -0.303 e. The lowest BCUT2D eigenvalue weighted by atomic mass is 9.87. The van der Waals surface area contributed by atoms with Gasteiger partial charge in [-0.3, -0.25) is 0 Å². The molecule has 0 N–H and O–H groups in total. The minimum atomic E-state index is 0.541. The van der Waals surface area contributed by atoms with E-state index in [1.807, 2.05) is 0 Å². The molecule has 1 aromatic heterocycles. The fraction of sp³-hybridized carbons (Fsp3) is 0.812. The standard InChI is InChI=1S/C16H27ClN2S/c1-13-6-8-15(9-7-13)19(2)10-4-3-5-16-18-14(11-17)12-20-16/h12-13,15H,3-11H2,1-2H3. The second kappa shape index (κ2) is 8.35. The predicted molar refractivity (Wildman–Crippen MR) is 88.7 cm³/mol. The average Bonchev–Trinajstić information content (AvgIpc) is 2.92. The number of thiazole rings is 1. The van der Waals surface area contributed by atoms with Gasteiger partial charge in [0.1, 0.15) is 0 Å². The molecule has 0 radical (unpaired) electrons. The Bertz CT molecular complexity index is 386. The summed E-state index contributed by atoms with van der Waals surface area (Å²) in [5.41, 5.74) is 1.03. The summed E-state index contributed by atoms with van der Waals surface area (Å²) in [5.74, 6) is 1.49. The number of nitrogens with zero attached hydrogens (tertiary/aromatic N) is 2. The molecule has 1 aromatic rings. The van der Waals surface area contributed by atoms with E-state index in [-0.39, 0.29) is 0 Å². The lowest BCUT2D eigenvalue weighted by Crippen LogP contribution is -2.35. The third-order valence-electron chi connectivity index (χ3n) is 4.50. The van der Waals surface area contributed by atoms with E-state index in [1.165, 1.54) is 50.1 Å². The van der Waals surface area contributed by atoms with Gasteiger partial charge in [0.15, 0.2) is 0 Å². The van der Waals surface area contributed by atoms with Crippen LogP contribution in [0.15, 0.2) is 5.38 Å². The van der Waals surface area contributed by atoms with Crippen LogP contribution in [0.1, 0.15) is 56.2 Å². The molecule has 20 heavy (non-hydrogen) atoms. The first kappa shape index (κ1) is 16.3. The SMILES string of the molecule is CC1CCC(N(C)CCCCc2nc(CCl)cs2)CC1. The molecule has 1 aliphatic carbocycles. The average molecular weight is 315 g/mol. The Morgan fingerprint density at radius 1 is 1.30 bits per heavy atom. The van der Waals surface area contributed by atoms with Gasteiger partial charge in [0, 0.05) is 11.4 Å². The summed E-state index contributed by atoms with van der Waals surface area (Å²) >= 11 is 7.53. The minimum absolute atomic E-state index is 0.541. The Balaban J connectivity index is 1.60. The summed E-state index contributed by atoms with van der Waals surface area (Å²) in [6, 6.07) is 0.828. The van der Waals surface area contributed by atoms with Crippen LogP contribution in [0, 0.1) is 5.92 Å². The lowest BCUT2D eigenvalue weighted by molar-refractivity contribution is 0.168. The fourth-order valence-electron chi connectivity index (χ4n) is 3.03. The smallest absolute Gasteiger partial charge is 0.0928 e. The van der Waals surface area contributed by atoms with E-state index in [0.29, 0.717) is 5.88 Å². The summed E-state index contributed by atoms with van der Waals surface area (Å²) < 4.78 is 0. The molecule has 1 heterocycles. The van der Waals surface area contributed by atoms with E-state index in [4.69, 9.17) is 11.6 Å². The van der Waals surface area contributed by atoms with Crippen LogP contribution in [0.2, 0.25) is 0 Å². The first-order chi connectivity index (χ1) is 9.69. The first-order valence-corrected chi connectivity index (χ1v) is 9.30. The van der Waals surface area contributed by atoms with Crippen molar-refractivity contribution in [2.24, 2.45) is 5.92 Å². The molecule has 0 bridgehead atoms. The van der Waals surface area contributed by atoms with Crippen LogP contribution >= 0.6 is 22.9 Å². The zero-order valence-corrected chi connectivity index (χ0v) is 14.3. The highest BCUT2D eigenvalue weighted by Crippen LogP contribution is 2.26. The predicted octanol–water partition coefficient (Wildman–Crippen LogP) is 4.72. The van der Waals surface area contributed by atoms with E-state index in [9.17, 15) is 0 Å². The van der Waals surface area contributed by atoms with E-state index in [0.717, 1.165) is 24.1 Å². The van der Waals surface area contributed by atoms with Crippen LogP contribution < -0.4 is 0 Å². The summed E-state index contributed by atoms with van der Waals surface area (Å²) in [6.07, 6.45) is 9.23. The summed E-state index contributed by atoms with van der Waals surface area (Å²) in [6.45, 7) is 3.62. The first-order valence-electron chi connectivity index (χ1n) is 7.88. The lowest BCUT2D eigenvalue weighted by Gasteiger charge is -2.33. The van der Waals surface area contributed by atoms with Crippen LogP contribution in [-0.2, 0) is 12.3 Å². The van der Waals surface area contributed by atoms with Gasteiger partial charge in [-0.25, -0.2) is 4.98 Å². The number of hydrogen-bond acceptors (Lipinski definition) is 3. The number of rotatable bonds is 7. The maximum absolute atomic E-state index is 5.78. The molecular formula is C16H27ClN2S. The third-order valence-corrected chi connectivity index (χ3v) is 5.73. The molecular weight excluding hydrogens is 288 g/mol. The number of alkyl halides is 1. The molecule has 4 heteroatoms. The van der Waals surface area contributed by atoms with Crippen molar-refractivity contribution < 1.29 is 0 Å². The Morgan fingerprint density at radius 3 is 2.70 bits per heavy atom. The van der Waals surface area contributed by atoms with E-state index < -0.39 is 0 Å². The molecule has 1 aliphatic rings. The van der Waals surface area contributed by atoms with Crippen molar-refractivity contribution >= 4 is 22.9 Å². The number of aromatic nitrogens is 1. The summed E-state index contributed by atoms with van der Waals surface area (Å²) in [4.78, 5) is 7.10. The molecule has 0 saturated heterocycles. The second-order valence-corrected chi connectivity index (χ2v) is 7.43. The van der Waals surface area contributed by atoms with Crippen LogP contribution in [0.5, 0.6) is 0 Å². The topological polar surface area (TPSA) is 16.1 Å². The van der Waals surface area contributed by atoms with Gasteiger partial charge in [0.2, 0.25) is 0 Å². The molecule has 0 aliphatic heterocycles. The number of unbranched alkanes of at least 4 members (excludes halogenated alkanes) is 1. The zero-order valence-electron chi connectivity index (χ0n) is 12.8. The van der Waals surface area contributed by atoms with Crippen molar-refractivity contribution in [2.75, 3.05) is 13.6 Å². The summed E-state index contributed by atoms with van der Waals surface area (Å²) in [5, 5.41) is 3.33. The van der Waals surface area contributed by atoms with E-state index >= 15 is 0 Å². The van der Waals surface area contributed by atoms with Crippen molar-refractivity contribution in [3.8, 4) is 0 Å². The quantitative estimate of drug-likeness (QED) is 0.535. The van der Waals surface area contributed by atoms with Gasteiger partial charge in [-0.05, 0) is 64.5 Å². The van der Waals surface area contributed by atoms with Crippen LogP contribution in [0.3, 0.4) is 0 Å². The van der Waals surface area contributed by atoms with Crippen molar-refractivity contribution in [3.05, 3.63) is 16.1 Å². The second-order valence-electron chi connectivity index (χ2n) is 6.22. The Kier molecular flexibility index (Phi) is 6.79. The molecule has 1 fully saturated rings. The van der Waals surface area contributed by atoms with Gasteiger partial charge in [0.05, 0.1) is 16.6 Å². The molecule has 0 amide bonds. The van der Waals surface area contributed by atoms with Gasteiger partial charge in [0.25, 0.3) is 0 Å². The van der Waals surface area contributed by atoms with Crippen LogP contribution in [0.25, 0.3) is 0 Å². The highest BCUT2D eigenvalue weighted by molar-refractivity contribution is 7.09. The number of aryl methyl sites for hydroxylation is 1. The molecule has 0 atom stereocenters. The van der Waals surface area contributed by atoms with Crippen LogP contribution in [0.4, 0.5) is 0 Å². The Hall–Kier alpha value is -0.120. The van der Waals surface area contributed by atoms with Gasteiger partial charge in [-0.2, -0.15) is 0 Å². The van der Waals surface area contributed by atoms with Gasteiger partial charge in [-0.1, -0.05) is 6.92 Å². The van der Waals surface area contributed by atoms with Gasteiger partial charge >= 0.3 is 0 Å². The Labute approximate surface area is 132 Å². The molecule has 2 nitrogen and oxygen atoms in total. The highest BCUT2D eigenvalue weighted by Gasteiger charge is 2.21. The van der Waals surface area contributed by atoms with Gasteiger partial charge in [-0.15, -0.1) is 22.9 Å². The molecule has 114 valence electrons. The van der Waals surface area contributed by atoms with E-state index in [2.05, 4.69) is 29.2 Å². The van der Waals surface area contributed by atoms with Crippen LogP contribution in [-0.4, -0.2) is 29.5 Å². The maximum atomic E-state index is 5.78. The molecule has 0 aromatic carbocycles. The summed E-state index contributed by atoms with van der Waals surface area (Å²) in [7, 11) is 2.30. The molecule has 2 rings (SSSR count). The van der Waals surface area contributed by atoms with Crippen molar-refractivity contribution in [2.45, 2.75) is 63.8 Å². The van der Waals surface area contributed by atoms with Gasteiger partial charge < -0.3 is 4.90 Å². The third kappa shape index (κ3) is 5.01. The van der Waals surface area contributed by atoms with Crippen molar-refractivity contribution in [1.82, 2.24) is 9.88 Å². The molecule has 1 saturated carbocycles.